The van der Waals surface area contributed by atoms with Crippen molar-refractivity contribution in [3.05, 3.63) is 30.3 Å². The Kier molecular flexibility index (Phi) is 6.47. The van der Waals surface area contributed by atoms with E-state index >= 15 is 0 Å². The lowest BCUT2D eigenvalue weighted by Gasteiger charge is -2.37. The lowest BCUT2D eigenvalue weighted by atomic mass is 10.0. The molecule has 1 aromatic carbocycles. The third-order valence-electron chi connectivity index (χ3n) is 3.71. The van der Waals surface area contributed by atoms with Crippen molar-refractivity contribution in [1.29, 1.82) is 0 Å². The van der Waals surface area contributed by atoms with Gasteiger partial charge in [-0.25, -0.2) is 0 Å². The van der Waals surface area contributed by atoms with Gasteiger partial charge in [0.05, 0.1) is 0 Å². The summed E-state index contributed by atoms with van der Waals surface area (Å²) in [6.45, 7) is 4.18. The van der Waals surface area contributed by atoms with Gasteiger partial charge < -0.3 is 15.5 Å². The van der Waals surface area contributed by atoms with Crippen LogP contribution >= 0.6 is 12.4 Å². The molecule has 102 valence electrons. The Hall–Kier alpha value is -0.770. The summed E-state index contributed by atoms with van der Waals surface area (Å²) in [6, 6.07) is 11.3. The van der Waals surface area contributed by atoms with Crippen molar-refractivity contribution in [1.82, 2.24) is 4.90 Å². The van der Waals surface area contributed by atoms with E-state index < -0.39 is 0 Å². The van der Waals surface area contributed by atoms with Gasteiger partial charge >= 0.3 is 0 Å². The molecule has 0 bridgehead atoms. The van der Waals surface area contributed by atoms with Crippen molar-refractivity contribution in [2.24, 2.45) is 5.73 Å². The standard InChI is InChI=1S/C14H23N3.ClH/c1-16(13-5-3-2-4-6-13)14-7-10-17(11-8-14)12-9-15;/h2-6,14H,7-12,15H2,1H3;1H. The van der Waals surface area contributed by atoms with Gasteiger partial charge in [0, 0.05) is 45.0 Å². The summed E-state index contributed by atoms with van der Waals surface area (Å²) in [6.07, 6.45) is 2.48. The van der Waals surface area contributed by atoms with Gasteiger partial charge in [-0.05, 0) is 25.0 Å². The molecule has 0 spiro atoms. The van der Waals surface area contributed by atoms with Crippen molar-refractivity contribution in [2.75, 3.05) is 38.1 Å². The predicted octanol–water partition coefficient (Wildman–Crippen LogP) is 1.97. The monoisotopic (exact) mass is 269 g/mol. The van der Waals surface area contributed by atoms with E-state index in [1.54, 1.807) is 0 Å². The van der Waals surface area contributed by atoms with Crippen molar-refractivity contribution < 1.29 is 0 Å². The summed E-state index contributed by atoms with van der Waals surface area (Å²) in [4.78, 5) is 4.88. The SMILES string of the molecule is CN(c1ccccc1)C1CCN(CCN)CC1.Cl. The number of para-hydroxylation sites is 1. The second-order valence-corrected chi connectivity index (χ2v) is 4.81. The summed E-state index contributed by atoms with van der Waals surface area (Å²) in [5.41, 5.74) is 6.92. The molecule has 0 aromatic heterocycles. The van der Waals surface area contributed by atoms with Gasteiger partial charge in [0.15, 0.2) is 0 Å². The number of benzene rings is 1. The minimum Gasteiger partial charge on any atom is -0.372 e. The van der Waals surface area contributed by atoms with Crippen molar-refractivity contribution in [3.63, 3.8) is 0 Å². The van der Waals surface area contributed by atoms with E-state index in [2.05, 4.69) is 47.2 Å². The fraction of sp³-hybridized carbons (Fsp3) is 0.571. The number of halogens is 1. The molecule has 1 heterocycles. The quantitative estimate of drug-likeness (QED) is 0.907. The fourth-order valence-electron chi connectivity index (χ4n) is 2.59. The van der Waals surface area contributed by atoms with Crippen LogP contribution in [-0.4, -0.2) is 44.2 Å². The Morgan fingerprint density at radius 1 is 1.22 bits per heavy atom. The van der Waals surface area contributed by atoms with Crippen LogP contribution in [0.15, 0.2) is 30.3 Å². The number of rotatable bonds is 4. The summed E-state index contributed by atoms with van der Waals surface area (Å²) in [5.74, 6) is 0. The van der Waals surface area contributed by atoms with E-state index in [0.717, 1.165) is 13.1 Å². The van der Waals surface area contributed by atoms with Crippen LogP contribution in [0.2, 0.25) is 0 Å². The summed E-state index contributed by atoms with van der Waals surface area (Å²) in [7, 11) is 2.21. The maximum Gasteiger partial charge on any atom is 0.0366 e. The second kappa shape index (κ2) is 7.62. The topological polar surface area (TPSA) is 32.5 Å². The molecule has 2 N–H and O–H groups in total. The molecule has 0 atom stereocenters. The van der Waals surface area contributed by atoms with Crippen LogP contribution in [0.4, 0.5) is 5.69 Å². The van der Waals surface area contributed by atoms with E-state index in [0.29, 0.717) is 6.04 Å². The molecule has 1 fully saturated rings. The third-order valence-corrected chi connectivity index (χ3v) is 3.71. The van der Waals surface area contributed by atoms with Crippen LogP contribution in [0.3, 0.4) is 0 Å². The molecule has 18 heavy (non-hydrogen) atoms. The molecule has 3 nitrogen and oxygen atoms in total. The van der Waals surface area contributed by atoms with Crippen molar-refractivity contribution >= 4 is 18.1 Å². The molecule has 1 aliphatic rings. The average molecular weight is 270 g/mol. The van der Waals surface area contributed by atoms with Crippen LogP contribution in [0.25, 0.3) is 0 Å². The number of hydrogen-bond acceptors (Lipinski definition) is 3. The highest BCUT2D eigenvalue weighted by Gasteiger charge is 2.21. The number of nitrogens with two attached hydrogens (primary N) is 1. The normalized spacial score (nSPS) is 17.2. The molecule has 0 aliphatic carbocycles. The lowest BCUT2D eigenvalue weighted by molar-refractivity contribution is 0.216. The van der Waals surface area contributed by atoms with Crippen molar-refractivity contribution in [2.45, 2.75) is 18.9 Å². The van der Waals surface area contributed by atoms with Crippen LogP contribution in [0, 0.1) is 0 Å². The first-order valence-electron chi connectivity index (χ1n) is 6.51. The zero-order chi connectivity index (χ0) is 12.1. The number of likely N-dealkylation sites (tertiary alicyclic amines) is 1. The summed E-state index contributed by atoms with van der Waals surface area (Å²) < 4.78 is 0. The first-order chi connectivity index (χ1) is 8.31. The Balaban J connectivity index is 0.00000162. The smallest absolute Gasteiger partial charge is 0.0366 e. The number of hydrogen-bond donors (Lipinski definition) is 1. The van der Waals surface area contributed by atoms with Crippen molar-refractivity contribution in [3.8, 4) is 0 Å². The van der Waals surface area contributed by atoms with E-state index in [-0.39, 0.29) is 12.4 Å². The van der Waals surface area contributed by atoms with Gasteiger partial charge in [0.1, 0.15) is 0 Å². The van der Waals surface area contributed by atoms with Crippen LogP contribution in [-0.2, 0) is 0 Å². The molecular weight excluding hydrogens is 246 g/mol. The molecule has 0 unspecified atom stereocenters. The number of nitrogens with zero attached hydrogens (tertiary/aromatic N) is 2. The van der Waals surface area contributed by atoms with Crippen LogP contribution in [0.1, 0.15) is 12.8 Å². The highest BCUT2D eigenvalue weighted by atomic mass is 35.5. The lowest BCUT2D eigenvalue weighted by Crippen LogP contribution is -2.44. The molecule has 0 amide bonds. The molecule has 0 radical (unpaired) electrons. The van der Waals surface area contributed by atoms with Gasteiger partial charge in [-0.15, -0.1) is 12.4 Å². The predicted molar refractivity (Wildman–Crippen MR) is 80.6 cm³/mol. The summed E-state index contributed by atoms with van der Waals surface area (Å²) >= 11 is 0. The van der Waals surface area contributed by atoms with Gasteiger partial charge in [-0.2, -0.15) is 0 Å². The minimum atomic E-state index is 0. The molecule has 1 aromatic rings. The Morgan fingerprint density at radius 2 is 1.83 bits per heavy atom. The zero-order valence-corrected chi connectivity index (χ0v) is 11.9. The van der Waals surface area contributed by atoms with Gasteiger partial charge in [0.2, 0.25) is 0 Å². The third kappa shape index (κ3) is 3.87. The first kappa shape index (κ1) is 15.3. The molecule has 4 heteroatoms. The van der Waals surface area contributed by atoms with Gasteiger partial charge in [0.25, 0.3) is 0 Å². The van der Waals surface area contributed by atoms with E-state index in [4.69, 9.17) is 5.73 Å². The molecule has 2 rings (SSSR count). The first-order valence-corrected chi connectivity index (χ1v) is 6.51. The summed E-state index contributed by atoms with van der Waals surface area (Å²) in [5, 5.41) is 0. The molecule has 1 saturated heterocycles. The molecular formula is C14H24ClN3. The van der Waals surface area contributed by atoms with Crippen LogP contribution in [0.5, 0.6) is 0 Å². The zero-order valence-electron chi connectivity index (χ0n) is 11.1. The Bertz CT molecular complexity index is 323. The minimum absolute atomic E-state index is 0. The largest absolute Gasteiger partial charge is 0.372 e. The fourth-order valence-corrected chi connectivity index (χ4v) is 2.59. The van der Waals surface area contributed by atoms with E-state index in [9.17, 15) is 0 Å². The van der Waals surface area contributed by atoms with Gasteiger partial charge in [-0.1, -0.05) is 18.2 Å². The molecule has 0 saturated carbocycles. The number of anilines is 1. The highest BCUT2D eigenvalue weighted by molar-refractivity contribution is 5.85. The highest BCUT2D eigenvalue weighted by Crippen LogP contribution is 2.21. The Morgan fingerprint density at radius 3 is 2.39 bits per heavy atom. The van der Waals surface area contributed by atoms with E-state index in [1.165, 1.54) is 31.6 Å². The maximum atomic E-state index is 5.59. The second-order valence-electron chi connectivity index (χ2n) is 4.81. The Labute approximate surface area is 116 Å². The maximum absolute atomic E-state index is 5.59. The number of piperidine rings is 1. The molecule has 1 aliphatic heterocycles. The van der Waals surface area contributed by atoms with E-state index in [1.807, 2.05) is 0 Å². The van der Waals surface area contributed by atoms with Crippen LogP contribution < -0.4 is 10.6 Å². The average Bonchev–Trinajstić information content (AvgIpc) is 2.40. The van der Waals surface area contributed by atoms with Gasteiger partial charge in [-0.3, -0.25) is 0 Å².